The second-order valence-electron chi connectivity index (χ2n) is 21.5. The molecule has 2 fully saturated rings. The highest BCUT2D eigenvalue weighted by atomic mass is 16.7. The van der Waals surface area contributed by atoms with E-state index in [1.807, 2.05) is 6.08 Å². The minimum atomic E-state index is -1.77. The van der Waals surface area contributed by atoms with Gasteiger partial charge < -0.3 is 64.2 Å². The van der Waals surface area contributed by atoms with E-state index in [-0.39, 0.29) is 19.4 Å². The van der Waals surface area contributed by atoms with E-state index in [0.29, 0.717) is 19.3 Å². The summed E-state index contributed by atoms with van der Waals surface area (Å²) in [6.07, 6.45) is 35.0. The van der Waals surface area contributed by atoms with Gasteiger partial charge in [-0.15, -0.1) is 0 Å². The lowest BCUT2D eigenvalue weighted by Crippen LogP contribution is -2.61. The number of carbonyl (C=O) groups excluding carboxylic acids is 2. The van der Waals surface area contributed by atoms with Gasteiger partial charge in [0.2, 0.25) is 0 Å². The van der Waals surface area contributed by atoms with Crippen molar-refractivity contribution in [2.75, 3.05) is 26.4 Å². The second kappa shape index (κ2) is 46.9. The first-order valence-electron chi connectivity index (χ1n) is 30.4. The first kappa shape index (κ1) is 69.1. The van der Waals surface area contributed by atoms with Gasteiger partial charge in [0.15, 0.2) is 18.7 Å². The molecule has 440 valence electrons. The van der Waals surface area contributed by atoms with E-state index in [9.17, 15) is 45.3 Å². The van der Waals surface area contributed by atoms with Gasteiger partial charge in [0, 0.05) is 12.8 Å². The quantitative estimate of drug-likeness (QED) is 0.0171. The highest BCUT2D eigenvalue weighted by Gasteiger charge is 2.47. The summed E-state index contributed by atoms with van der Waals surface area (Å²) < 4.78 is 33.7. The van der Waals surface area contributed by atoms with Gasteiger partial charge in [-0.05, 0) is 38.5 Å². The Morgan fingerprint density at radius 2 is 0.813 bits per heavy atom. The minimum absolute atomic E-state index is 0.105. The van der Waals surface area contributed by atoms with Crippen LogP contribution in [-0.4, -0.2) is 142 Å². The van der Waals surface area contributed by atoms with Gasteiger partial charge >= 0.3 is 11.9 Å². The van der Waals surface area contributed by atoms with Crippen molar-refractivity contribution < 1.29 is 73.8 Å². The normalized spacial score (nSPS) is 24.6. The van der Waals surface area contributed by atoms with Gasteiger partial charge in [-0.3, -0.25) is 9.59 Å². The molecule has 2 rings (SSSR count). The van der Waals surface area contributed by atoms with Gasteiger partial charge in [-0.2, -0.15) is 0 Å². The molecule has 0 amide bonds. The van der Waals surface area contributed by atoms with E-state index in [1.165, 1.54) is 173 Å². The van der Waals surface area contributed by atoms with Crippen molar-refractivity contribution in [3.63, 3.8) is 0 Å². The van der Waals surface area contributed by atoms with Crippen molar-refractivity contribution in [1.82, 2.24) is 0 Å². The summed E-state index contributed by atoms with van der Waals surface area (Å²) in [5, 5.41) is 72.3. The molecule has 0 aliphatic carbocycles. The molecule has 15 heteroatoms. The van der Waals surface area contributed by atoms with Crippen molar-refractivity contribution in [2.24, 2.45) is 0 Å². The lowest BCUT2D eigenvalue weighted by atomic mass is 9.98. The molecular weight excluding hydrogens is 961 g/mol. The molecule has 2 saturated heterocycles. The SMILES string of the molecule is CCCCCCCCCCC/C=C/C/C=C/CCCC(=O)O[C@@H](COC(=O)CCCCCCCCCCCCCCCCCCCCCCCC)CO[C@@H]1O[C@H](CO[C@@H]2O[C@H](CO)[C@H](O)C(O)C2O)[C@H](O)C(O)C1O. The van der Waals surface area contributed by atoms with Crippen LogP contribution in [0.25, 0.3) is 0 Å². The zero-order chi connectivity index (χ0) is 54.6. The molecule has 2 heterocycles. The number of hydrogen-bond donors (Lipinski definition) is 7. The first-order valence-corrected chi connectivity index (χ1v) is 30.4. The predicted molar refractivity (Wildman–Crippen MR) is 294 cm³/mol. The van der Waals surface area contributed by atoms with Crippen LogP contribution >= 0.6 is 0 Å². The molecule has 0 aromatic heterocycles. The summed E-state index contributed by atoms with van der Waals surface area (Å²) >= 11 is 0. The number of rotatable bonds is 49. The van der Waals surface area contributed by atoms with E-state index < -0.39 is 99.3 Å². The number of ether oxygens (including phenoxy) is 6. The Hall–Kier alpha value is -2.02. The van der Waals surface area contributed by atoms with Crippen LogP contribution in [0.2, 0.25) is 0 Å². The lowest BCUT2D eigenvalue weighted by molar-refractivity contribution is -0.332. The van der Waals surface area contributed by atoms with Gasteiger partial charge in [0.25, 0.3) is 0 Å². The number of esters is 2. The number of allylic oxidation sites excluding steroid dienone is 4. The minimum Gasteiger partial charge on any atom is -0.462 e. The molecule has 0 bridgehead atoms. The van der Waals surface area contributed by atoms with Crippen LogP contribution in [0.3, 0.4) is 0 Å². The summed E-state index contributed by atoms with van der Waals surface area (Å²) in [5.74, 6) is -0.964. The summed E-state index contributed by atoms with van der Waals surface area (Å²) in [6.45, 7) is 2.60. The fourth-order valence-electron chi connectivity index (χ4n) is 9.73. The van der Waals surface area contributed by atoms with Crippen molar-refractivity contribution in [3.05, 3.63) is 24.3 Å². The maximum atomic E-state index is 13.0. The Morgan fingerprint density at radius 3 is 1.28 bits per heavy atom. The van der Waals surface area contributed by atoms with E-state index in [4.69, 9.17) is 28.4 Å². The number of carbonyl (C=O) groups is 2. The fraction of sp³-hybridized carbons (Fsp3) is 0.900. The molecule has 2 aliphatic rings. The van der Waals surface area contributed by atoms with Crippen LogP contribution in [0, 0.1) is 0 Å². The third-order valence-electron chi connectivity index (χ3n) is 14.7. The maximum Gasteiger partial charge on any atom is 0.306 e. The van der Waals surface area contributed by atoms with Crippen molar-refractivity contribution in [3.8, 4) is 0 Å². The molecule has 0 aromatic carbocycles. The Kier molecular flexibility index (Phi) is 43.2. The van der Waals surface area contributed by atoms with Crippen LogP contribution in [0.5, 0.6) is 0 Å². The largest absolute Gasteiger partial charge is 0.462 e. The zero-order valence-electron chi connectivity index (χ0n) is 47.0. The van der Waals surface area contributed by atoms with Crippen molar-refractivity contribution >= 4 is 11.9 Å². The molecule has 0 aromatic rings. The molecule has 7 N–H and O–H groups in total. The summed E-state index contributed by atoms with van der Waals surface area (Å²) in [4.78, 5) is 25.9. The van der Waals surface area contributed by atoms with Gasteiger partial charge in [-0.1, -0.05) is 224 Å². The second-order valence-corrected chi connectivity index (χ2v) is 21.5. The topological polar surface area (TPSA) is 231 Å². The molecule has 2 aliphatic heterocycles. The number of hydrogen-bond acceptors (Lipinski definition) is 15. The molecule has 0 saturated carbocycles. The average molecular weight is 1070 g/mol. The monoisotopic (exact) mass is 1070 g/mol. The summed E-state index contributed by atoms with van der Waals surface area (Å²) in [5.41, 5.74) is 0. The Labute approximate surface area is 453 Å². The van der Waals surface area contributed by atoms with E-state index in [0.717, 1.165) is 32.1 Å². The van der Waals surface area contributed by atoms with Crippen LogP contribution in [0.1, 0.15) is 251 Å². The highest BCUT2D eigenvalue weighted by molar-refractivity contribution is 5.70. The first-order chi connectivity index (χ1) is 36.5. The summed E-state index contributed by atoms with van der Waals surface area (Å²) in [7, 11) is 0. The highest BCUT2D eigenvalue weighted by Crippen LogP contribution is 2.27. The Balaban J connectivity index is 1.73. The lowest BCUT2D eigenvalue weighted by Gasteiger charge is -2.42. The van der Waals surface area contributed by atoms with Crippen molar-refractivity contribution in [2.45, 2.75) is 319 Å². The smallest absolute Gasteiger partial charge is 0.306 e. The average Bonchev–Trinajstić information content (AvgIpc) is 3.40. The summed E-state index contributed by atoms with van der Waals surface area (Å²) in [6, 6.07) is 0. The van der Waals surface area contributed by atoms with Crippen LogP contribution in [0.4, 0.5) is 0 Å². The molecule has 15 nitrogen and oxygen atoms in total. The molecule has 4 unspecified atom stereocenters. The number of aliphatic hydroxyl groups is 7. The fourth-order valence-corrected chi connectivity index (χ4v) is 9.73. The Bertz CT molecular complexity index is 1400. The third-order valence-corrected chi connectivity index (χ3v) is 14.7. The molecule has 75 heavy (non-hydrogen) atoms. The molecule has 0 spiro atoms. The van der Waals surface area contributed by atoms with E-state index >= 15 is 0 Å². The number of aliphatic hydroxyl groups excluding tert-OH is 7. The van der Waals surface area contributed by atoms with Gasteiger partial charge in [0.1, 0.15) is 55.4 Å². The molecule has 0 radical (unpaired) electrons. The predicted octanol–water partition coefficient (Wildman–Crippen LogP) is 10.7. The standard InChI is InChI=1S/C60H110O15/c1-3-5-7-9-11-13-15-17-19-21-22-23-24-25-27-28-30-32-34-36-38-40-42-51(62)70-45-48(73-52(63)43-41-39-37-35-33-31-29-26-20-18-16-14-12-10-8-6-4-2)46-71-59-58(69)56(67)54(65)50(75-59)47-72-60-57(68)55(66)53(64)49(44-61)74-60/h29,31,35,37,48-50,53-61,64-69H,3-28,30,32-34,36,38-47H2,1-2H3/b31-29+,37-35+/t48-,49+,50+,53-,54-,55?,56?,57?,58?,59+,60+/m0/s1. The van der Waals surface area contributed by atoms with E-state index in [1.54, 1.807) is 0 Å². The van der Waals surface area contributed by atoms with Gasteiger partial charge in [0.05, 0.1) is 19.8 Å². The maximum absolute atomic E-state index is 13.0. The van der Waals surface area contributed by atoms with Crippen LogP contribution < -0.4 is 0 Å². The zero-order valence-corrected chi connectivity index (χ0v) is 47.0. The third kappa shape index (κ3) is 33.9. The van der Waals surface area contributed by atoms with Gasteiger partial charge in [-0.25, -0.2) is 0 Å². The van der Waals surface area contributed by atoms with Crippen LogP contribution in [-0.2, 0) is 38.0 Å². The van der Waals surface area contributed by atoms with E-state index in [2.05, 4.69) is 32.1 Å². The molecule has 11 atom stereocenters. The van der Waals surface area contributed by atoms with Crippen LogP contribution in [0.15, 0.2) is 24.3 Å². The molecular formula is C60H110O15. The van der Waals surface area contributed by atoms with Crippen molar-refractivity contribution in [1.29, 1.82) is 0 Å². The number of unbranched alkanes of at least 4 members (excludes halogenated alkanes) is 31. The Morgan fingerprint density at radius 1 is 0.427 bits per heavy atom.